The summed E-state index contributed by atoms with van der Waals surface area (Å²) in [5.41, 5.74) is 6.54. The Bertz CT molecular complexity index is 504. The molecular weight excluding hydrogens is 224 g/mol. The number of hydrogen-bond acceptors (Lipinski definition) is 3. The van der Waals surface area contributed by atoms with Gasteiger partial charge in [0.05, 0.1) is 11.7 Å². The minimum Gasteiger partial charge on any atom is -0.275 e. The second kappa shape index (κ2) is 5.80. The first-order valence-corrected chi connectivity index (χ1v) is 6.21. The predicted molar refractivity (Wildman–Crippen MR) is 72.8 cm³/mol. The molecule has 0 bridgehead atoms. The number of hydrogen-bond donors (Lipinski definition) is 2. The van der Waals surface area contributed by atoms with Gasteiger partial charge in [-0.05, 0) is 37.0 Å². The molecule has 1 unspecified atom stereocenters. The minimum absolute atomic E-state index is 0.103. The average Bonchev–Trinajstić information content (AvgIpc) is 2.79. The van der Waals surface area contributed by atoms with Crippen LogP contribution in [0.4, 0.5) is 0 Å². The molecular formula is C14H20N4. The third-order valence-electron chi connectivity index (χ3n) is 3.26. The van der Waals surface area contributed by atoms with Gasteiger partial charge in [0.15, 0.2) is 0 Å². The first-order chi connectivity index (χ1) is 8.70. The summed E-state index contributed by atoms with van der Waals surface area (Å²) in [4.78, 5) is 0. The molecule has 0 aliphatic heterocycles. The summed E-state index contributed by atoms with van der Waals surface area (Å²) in [6, 6.07) is 10.6. The largest absolute Gasteiger partial charge is 0.275 e. The molecule has 0 saturated carbocycles. The van der Waals surface area contributed by atoms with Crippen molar-refractivity contribution in [1.82, 2.24) is 15.2 Å². The SMILES string of the molecule is Cc1ccccc1CCC(NN)c1ccn(C)n1. The number of rotatable bonds is 5. The average molecular weight is 244 g/mol. The molecule has 2 aromatic rings. The van der Waals surface area contributed by atoms with Crippen LogP contribution >= 0.6 is 0 Å². The smallest absolute Gasteiger partial charge is 0.0807 e. The predicted octanol–water partition coefficient (Wildman–Crippen LogP) is 1.87. The summed E-state index contributed by atoms with van der Waals surface area (Å²) in [7, 11) is 1.92. The lowest BCUT2D eigenvalue weighted by Gasteiger charge is -2.14. The summed E-state index contributed by atoms with van der Waals surface area (Å²) in [5, 5.41) is 4.39. The lowest BCUT2D eigenvalue weighted by Crippen LogP contribution is -2.28. The van der Waals surface area contributed by atoms with E-state index in [1.807, 2.05) is 19.3 Å². The fourth-order valence-electron chi connectivity index (χ4n) is 2.13. The molecule has 18 heavy (non-hydrogen) atoms. The zero-order valence-corrected chi connectivity index (χ0v) is 10.9. The van der Waals surface area contributed by atoms with Crippen molar-refractivity contribution in [2.75, 3.05) is 0 Å². The van der Waals surface area contributed by atoms with Crippen LogP contribution in [0.15, 0.2) is 36.5 Å². The zero-order chi connectivity index (χ0) is 13.0. The van der Waals surface area contributed by atoms with Crippen molar-refractivity contribution in [3.8, 4) is 0 Å². The van der Waals surface area contributed by atoms with Gasteiger partial charge in [-0.1, -0.05) is 24.3 Å². The van der Waals surface area contributed by atoms with Gasteiger partial charge < -0.3 is 0 Å². The highest BCUT2D eigenvalue weighted by molar-refractivity contribution is 5.25. The first-order valence-electron chi connectivity index (χ1n) is 6.21. The molecule has 0 saturated heterocycles. The van der Waals surface area contributed by atoms with E-state index in [4.69, 9.17) is 5.84 Å². The molecule has 96 valence electrons. The van der Waals surface area contributed by atoms with Crippen LogP contribution in [0.5, 0.6) is 0 Å². The molecule has 0 aliphatic rings. The van der Waals surface area contributed by atoms with E-state index in [0.29, 0.717) is 0 Å². The van der Waals surface area contributed by atoms with Crippen molar-refractivity contribution < 1.29 is 0 Å². The van der Waals surface area contributed by atoms with E-state index in [-0.39, 0.29) is 6.04 Å². The van der Waals surface area contributed by atoms with E-state index in [1.165, 1.54) is 11.1 Å². The second-order valence-electron chi connectivity index (χ2n) is 4.60. The fourth-order valence-corrected chi connectivity index (χ4v) is 2.13. The van der Waals surface area contributed by atoms with Crippen LogP contribution in [0.3, 0.4) is 0 Å². The number of nitrogens with one attached hydrogen (secondary N) is 1. The maximum absolute atomic E-state index is 5.62. The highest BCUT2D eigenvalue weighted by Crippen LogP contribution is 2.18. The number of hydrazine groups is 1. The van der Waals surface area contributed by atoms with Crippen molar-refractivity contribution in [2.45, 2.75) is 25.8 Å². The van der Waals surface area contributed by atoms with Crippen molar-refractivity contribution >= 4 is 0 Å². The lowest BCUT2D eigenvalue weighted by molar-refractivity contribution is 0.497. The van der Waals surface area contributed by atoms with Gasteiger partial charge in [0.1, 0.15) is 0 Å². The molecule has 3 N–H and O–H groups in total. The van der Waals surface area contributed by atoms with Gasteiger partial charge in [-0.3, -0.25) is 16.0 Å². The summed E-state index contributed by atoms with van der Waals surface area (Å²) in [6.07, 6.45) is 3.88. The summed E-state index contributed by atoms with van der Waals surface area (Å²) < 4.78 is 1.80. The molecule has 0 radical (unpaired) electrons. The van der Waals surface area contributed by atoms with Crippen molar-refractivity contribution in [2.24, 2.45) is 12.9 Å². The molecule has 0 fully saturated rings. The maximum atomic E-state index is 5.62. The Hall–Kier alpha value is -1.65. The highest BCUT2D eigenvalue weighted by Gasteiger charge is 2.12. The van der Waals surface area contributed by atoms with Gasteiger partial charge >= 0.3 is 0 Å². The Morgan fingerprint density at radius 1 is 1.33 bits per heavy atom. The summed E-state index contributed by atoms with van der Waals surface area (Å²) in [6.45, 7) is 2.14. The van der Waals surface area contributed by atoms with Gasteiger partial charge in [-0.25, -0.2) is 0 Å². The summed E-state index contributed by atoms with van der Waals surface area (Å²) in [5.74, 6) is 5.62. The zero-order valence-electron chi connectivity index (χ0n) is 10.9. The molecule has 0 aliphatic carbocycles. The number of aromatic nitrogens is 2. The molecule has 2 rings (SSSR count). The Balaban J connectivity index is 2.02. The van der Waals surface area contributed by atoms with Crippen LogP contribution in [-0.2, 0) is 13.5 Å². The molecule has 0 spiro atoms. The van der Waals surface area contributed by atoms with Crippen LogP contribution in [0.1, 0.15) is 29.3 Å². The van der Waals surface area contributed by atoms with E-state index in [9.17, 15) is 0 Å². The molecule has 1 aromatic heterocycles. The molecule has 1 atom stereocenters. The van der Waals surface area contributed by atoms with Crippen LogP contribution in [0.25, 0.3) is 0 Å². The molecule has 4 nitrogen and oxygen atoms in total. The molecule has 0 amide bonds. The van der Waals surface area contributed by atoms with Crippen LogP contribution < -0.4 is 11.3 Å². The second-order valence-corrected chi connectivity index (χ2v) is 4.60. The van der Waals surface area contributed by atoms with Crippen LogP contribution in [0.2, 0.25) is 0 Å². The Morgan fingerprint density at radius 3 is 2.72 bits per heavy atom. The number of nitrogens with two attached hydrogens (primary N) is 1. The van der Waals surface area contributed by atoms with Gasteiger partial charge in [0.2, 0.25) is 0 Å². The molecule has 4 heteroatoms. The quantitative estimate of drug-likeness (QED) is 0.623. The van der Waals surface area contributed by atoms with Crippen molar-refractivity contribution in [1.29, 1.82) is 0 Å². The standard InChI is InChI=1S/C14H20N4/c1-11-5-3-4-6-12(11)7-8-13(16-15)14-9-10-18(2)17-14/h3-6,9-10,13,16H,7-8,15H2,1-2H3. The van der Waals surface area contributed by atoms with E-state index < -0.39 is 0 Å². The third kappa shape index (κ3) is 2.97. The normalized spacial score (nSPS) is 12.6. The number of nitrogens with zero attached hydrogens (tertiary/aromatic N) is 2. The van der Waals surface area contributed by atoms with Crippen LogP contribution in [0, 0.1) is 6.92 Å². The van der Waals surface area contributed by atoms with E-state index in [1.54, 1.807) is 4.68 Å². The van der Waals surface area contributed by atoms with E-state index in [2.05, 4.69) is 41.7 Å². The molecule has 1 heterocycles. The monoisotopic (exact) mass is 244 g/mol. The third-order valence-corrected chi connectivity index (χ3v) is 3.26. The van der Waals surface area contributed by atoms with Gasteiger partial charge in [0, 0.05) is 13.2 Å². The molecule has 1 aromatic carbocycles. The number of aryl methyl sites for hydroxylation is 3. The van der Waals surface area contributed by atoms with Crippen molar-refractivity contribution in [3.05, 3.63) is 53.3 Å². The first kappa shape index (κ1) is 12.8. The van der Waals surface area contributed by atoms with E-state index in [0.717, 1.165) is 18.5 Å². The topological polar surface area (TPSA) is 55.9 Å². The Kier molecular flexibility index (Phi) is 4.12. The maximum Gasteiger partial charge on any atom is 0.0807 e. The van der Waals surface area contributed by atoms with Crippen molar-refractivity contribution in [3.63, 3.8) is 0 Å². The van der Waals surface area contributed by atoms with Crippen LogP contribution in [-0.4, -0.2) is 9.78 Å². The van der Waals surface area contributed by atoms with Gasteiger partial charge in [-0.2, -0.15) is 5.10 Å². The highest BCUT2D eigenvalue weighted by atomic mass is 15.3. The Morgan fingerprint density at radius 2 is 2.11 bits per heavy atom. The Labute approximate surface area is 108 Å². The lowest BCUT2D eigenvalue weighted by atomic mass is 10.00. The van der Waals surface area contributed by atoms with E-state index >= 15 is 0 Å². The summed E-state index contributed by atoms with van der Waals surface area (Å²) >= 11 is 0. The van der Waals surface area contributed by atoms with Gasteiger partial charge in [-0.15, -0.1) is 0 Å². The fraction of sp³-hybridized carbons (Fsp3) is 0.357. The van der Waals surface area contributed by atoms with Gasteiger partial charge in [0.25, 0.3) is 0 Å². The minimum atomic E-state index is 0.103. The number of benzene rings is 1.